The van der Waals surface area contributed by atoms with Gasteiger partial charge in [0.1, 0.15) is 0 Å². The molecule has 0 bridgehead atoms. The molecular formula is C21H26N2O. The minimum absolute atomic E-state index is 0.245. The molecular weight excluding hydrogens is 296 g/mol. The van der Waals surface area contributed by atoms with Crippen LogP contribution >= 0.6 is 0 Å². The lowest BCUT2D eigenvalue weighted by molar-refractivity contribution is -0.122. The Labute approximate surface area is 144 Å². The molecule has 1 heterocycles. The summed E-state index contributed by atoms with van der Waals surface area (Å²) in [5.74, 6) is 0.245. The Morgan fingerprint density at radius 3 is 2.17 bits per heavy atom. The molecule has 1 N–H and O–H groups in total. The number of nitrogens with one attached hydrogen (secondary N) is 1. The van der Waals surface area contributed by atoms with E-state index in [2.05, 4.69) is 40.5 Å². The topological polar surface area (TPSA) is 32.3 Å². The number of ketones is 1. The summed E-state index contributed by atoms with van der Waals surface area (Å²) in [6, 6.07) is 20.7. The SMILES string of the molecule is CC(=O)C1(Nc2ccccc2)CCN(CCc2ccccc2)CC1. The zero-order chi connectivity index (χ0) is 16.8. The fraction of sp³-hybridized carbons (Fsp3) is 0.381. The number of hydrogen-bond acceptors (Lipinski definition) is 3. The number of carbonyl (C=O) groups excluding carboxylic acids is 1. The van der Waals surface area contributed by atoms with Gasteiger partial charge in [-0.1, -0.05) is 48.5 Å². The third-order valence-electron chi connectivity index (χ3n) is 5.10. The molecule has 0 radical (unpaired) electrons. The second-order valence-electron chi connectivity index (χ2n) is 6.71. The summed E-state index contributed by atoms with van der Waals surface area (Å²) >= 11 is 0. The lowest BCUT2D eigenvalue weighted by Crippen LogP contribution is -2.53. The predicted octanol–water partition coefficient (Wildman–Crippen LogP) is 3.76. The van der Waals surface area contributed by atoms with Gasteiger partial charge < -0.3 is 10.2 Å². The molecule has 0 atom stereocenters. The van der Waals surface area contributed by atoms with Gasteiger partial charge in [-0.25, -0.2) is 0 Å². The number of piperidine rings is 1. The van der Waals surface area contributed by atoms with Gasteiger partial charge in [0.2, 0.25) is 0 Å². The maximum absolute atomic E-state index is 12.3. The van der Waals surface area contributed by atoms with Crippen LogP contribution in [0.4, 0.5) is 5.69 Å². The molecule has 126 valence electrons. The van der Waals surface area contributed by atoms with Crippen molar-refractivity contribution in [1.29, 1.82) is 0 Å². The van der Waals surface area contributed by atoms with Crippen molar-refractivity contribution in [3.8, 4) is 0 Å². The molecule has 1 aliphatic rings. The van der Waals surface area contributed by atoms with E-state index in [-0.39, 0.29) is 5.78 Å². The van der Waals surface area contributed by atoms with Crippen molar-refractivity contribution in [2.75, 3.05) is 25.0 Å². The van der Waals surface area contributed by atoms with Crippen LogP contribution in [0.1, 0.15) is 25.3 Å². The van der Waals surface area contributed by atoms with Crippen LogP contribution in [0.25, 0.3) is 0 Å². The summed E-state index contributed by atoms with van der Waals surface area (Å²) in [7, 11) is 0. The molecule has 2 aromatic carbocycles. The Hall–Kier alpha value is -2.13. The molecule has 1 aliphatic heterocycles. The summed E-state index contributed by atoms with van der Waals surface area (Å²) in [6.45, 7) is 4.71. The molecule has 24 heavy (non-hydrogen) atoms. The highest BCUT2D eigenvalue weighted by Crippen LogP contribution is 2.28. The van der Waals surface area contributed by atoms with E-state index in [9.17, 15) is 4.79 Å². The van der Waals surface area contributed by atoms with Gasteiger partial charge in [-0.05, 0) is 43.9 Å². The maximum atomic E-state index is 12.3. The summed E-state index contributed by atoms with van der Waals surface area (Å²) in [6.07, 6.45) is 2.80. The average Bonchev–Trinajstić information content (AvgIpc) is 2.63. The first-order chi connectivity index (χ1) is 11.7. The average molecular weight is 322 g/mol. The number of benzene rings is 2. The van der Waals surface area contributed by atoms with Gasteiger partial charge >= 0.3 is 0 Å². The van der Waals surface area contributed by atoms with Gasteiger partial charge in [0, 0.05) is 25.3 Å². The lowest BCUT2D eigenvalue weighted by atomic mass is 9.83. The zero-order valence-corrected chi connectivity index (χ0v) is 14.4. The maximum Gasteiger partial charge on any atom is 0.155 e. The molecule has 2 aromatic rings. The minimum Gasteiger partial charge on any atom is -0.373 e. The van der Waals surface area contributed by atoms with Gasteiger partial charge in [0.15, 0.2) is 5.78 Å². The van der Waals surface area contributed by atoms with E-state index in [0.717, 1.165) is 44.6 Å². The molecule has 3 nitrogen and oxygen atoms in total. The monoisotopic (exact) mass is 322 g/mol. The summed E-state index contributed by atoms with van der Waals surface area (Å²) < 4.78 is 0. The van der Waals surface area contributed by atoms with Gasteiger partial charge in [-0.3, -0.25) is 4.79 Å². The molecule has 0 unspecified atom stereocenters. The molecule has 0 spiro atoms. The Morgan fingerprint density at radius 1 is 1.00 bits per heavy atom. The quantitative estimate of drug-likeness (QED) is 0.879. The lowest BCUT2D eigenvalue weighted by Gasteiger charge is -2.41. The van der Waals surface area contributed by atoms with Crippen LogP contribution in [-0.2, 0) is 11.2 Å². The van der Waals surface area contributed by atoms with Crippen LogP contribution in [-0.4, -0.2) is 35.9 Å². The van der Waals surface area contributed by atoms with Crippen LogP contribution in [0.3, 0.4) is 0 Å². The van der Waals surface area contributed by atoms with Crippen LogP contribution in [0.5, 0.6) is 0 Å². The molecule has 0 aliphatic carbocycles. The van der Waals surface area contributed by atoms with Crippen LogP contribution in [0, 0.1) is 0 Å². The molecule has 3 rings (SSSR count). The second-order valence-corrected chi connectivity index (χ2v) is 6.71. The Kier molecular flexibility index (Phi) is 5.31. The number of hydrogen-bond donors (Lipinski definition) is 1. The van der Waals surface area contributed by atoms with Gasteiger partial charge in [0.25, 0.3) is 0 Å². The highest BCUT2D eigenvalue weighted by molar-refractivity contribution is 5.89. The molecule has 1 fully saturated rings. The molecule has 0 saturated carbocycles. The molecule has 0 aromatic heterocycles. The zero-order valence-electron chi connectivity index (χ0n) is 14.4. The Bertz CT molecular complexity index is 646. The van der Waals surface area contributed by atoms with Crippen LogP contribution < -0.4 is 5.32 Å². The van der Waals surface area contributed by atoms with E-state index >= 15 is 0 Å². The molecule has 0 amide bonds. The van der Waals surface area contributed by atoms with E-state index < -0.39 is 5.54 Å². The van der Waals surface area contributed by atoms with E-state index in [1.165, 1.54) is 5.56 Å². The number of rotatable bonds is 6. The third kappa shape index (κ3) is 4.04. The number of nitrogens with zero attached hydrogens (tertiary/aromatic N) is 1. The standard InChI is InChI=1S/C21H26N2O/c1-18(24)21(22-20-10-6-3-7-11-20)13-16-23(17-14-21)15-12-19-8-4-2-5-9-19/h2-11,22H,12-17H2,1H3. The van der Waals surface area contributed by atoms with Crippen molar-refractivity contribution in [2.45, 2.75) is 31.7 Å². The number of anilines is 1. The second kappa shape index (κ2) is 7.63. The Balaban J connectivity index is 1.57. The van der Waals surface area contributed by atoms with E-state index in [4.69, 9.17) is 0 Å². The fourth-order valence-corrected chi connectivity index (χ4v) is 3.45. The van der Waals surface area contributed by atoms with Crippen LogP contribution in [0.15, 0.2) is 60.7 Å². The highest BCUT2D eigenvalue weighted by atomic mass is 16.1. The highest BCUT2D eigenvalue weighted by Gasteiger charge is 2.38. The van der Waals surface area contributed by atoms with Gasteiger partial charge in [-0.15, -0.1) is 0 Å². The van der Waals surface area contributed by atoms with Crippen molar-refractivity contribution in [2.24, 2.45) is 0 Å². The van der Waals surface area contributed by atoms with Crippen molar-refractivity contribution in [3.63, 3.8) is 0 Å². The first-order valence-electron chi connectivity index (χ1n) is 8.78. The number of likely N-dealkylation sites (tertiary alicyclic amines) is 1. The van der Waals surface area contributed by atoms with Crippen molar-refractivity contribution < 1.29 is 4.79 Å². The van der Waals surface area contributed by atoms with E-state index in [0.29, 0.717) is 0 Å². The first-order valence-corrected chi connectivity index (χ1v) is 8.78. The van der Waals surface area contributed by atoms with Gasteiger partial charge in [-0.2, -0.15) is 0 Å². The fourth-order valence-electron chi connectivity index (χ4n) is 3.45. The van der Waals surface area contributed by atoms with Crippen molar-refractivity contribution in [3.05, 3.63) is 66.2 Å². The number of Topliss-reactive ketones (excluding diaryl/α,β-unsaturated/α-hetero) is 1. The minimum atomic E-state index is -0.412. The number of carbonyl (C=O) groups is 1. The summed E-state index contributed by atoms with van der Waals surface area (Å²) in [4.78, 5) is 14.8. The number of para-hydroxylation sites is 1. The molecule has 1 saturated heterocycles. The smallest absolute Gasteiger partial charge is 0.155 e. The summed E-state index contributed by atoms with van der Waals surface area (Å²) in [5, 5.41) is 3.51. The first kappa shape index (κ1) is 16.7. The van der Waals surface area contributed by atoms with E-state index in [1.54, 1.807) is 6.92 Å². The van der Waals surface area contributed by atoms with Crippen LogP contribution in [0.2, 0.25) is 0 Å². The van der Waals surface area contributed by atoms with Crippen molar-refractivity contribution in [1.82, 2.24) is 4.90 Å². The largest absolute Gasteiger partial charge is 0.373 e. The Morgan fingerprint density at radius 2 is 1.58 bits per heavy atom. The molecule has 3 heteroatoms. The normalized spacial score (nSPS) is 17.4. The predicted molar refractivity (Wildman–Crippen MR) is 99.3 cm³/mol. The summed E-state index contributed by atoms with van der Waals surface area (Å²) in [5.41, 5.74) is 2.00. The van der Waals surface area contributed by atoms with E-state index in [1.807, 2.05) is 30.3 Å². The third-order valence-corrected chi connectivity index (χ3v) is 5.10. The van der Waals surface area contributed by atoms with Gasteiger partial charge in [0.05, 0.1) is 5.54 Å². The van der Waals surface area contributed by atoms with Crippen molar-refractivity contribution >= 4 is 11.5 Å².